The van der Waals surface area contributed by atoms with Crippen LogP contribution in [0.15, 0.2) is 29.1 Å². The summed E-state index contributed by atoms with van der Waals surface area (Å²) in [5.41, 5.74) is 0.785. The monoisotopic (exact) mass is 347 g/mol. The van der Waals surface area contributed by atoms with Gasteiger partial charge in [-0.25, -0.2) is 0 Å². The van der Waals surface area contributed by atoms with Crippen LogP contribution < -0.4 is 15.0 Å². The molecule has 0 amide bonds. The lowest BCUT2D eigenvalue weighted by Gasteiger charge is -2.19. The number of methoxy groups -OCH3 is 3. The summed E-state index contributed by atoms with van der Waals surface area (Å²) in [6.45, 7) is 1.66. The Morgan fingerprint density at radius 2 is 1.84 bits per heavy atom. The van der Waals surface area contributed by atoms with E-state index in [1.807, 2.05) is 0 Å². The van der Waals surface area contributed by atoms with Crippen molar-refractivity contribution < 1.29 is 24.1 Å². The van der Waals surface area contributed by atoms with Gasteiger partial charge in [-0.2, -0.15) is 0 Å². The lowest BCUT2D eigenvalue weighted by molar-refractivity contribution is -0.140. The molecule has 0 spiro atoms. The lowest BCUT2D eigenvalue weighted by atomic mass is 9.88. The van der Waals surface area contributed by atoms with Gasteiger partial charge in [0.1, 0.15) is 5.75 Å². The van der Waals surface area contributed by atoms with Crippen molar-refractivity contribution in [3.8, 4) is 17.2 Å². The number of aromatic nitrogens is 1. The van der Waals surface area contributed by atoms with Gasteiger partial charge in [-0.15, -0.1) is 0 Å². The van der Waals surface area contributed by atoms with Gasteiger partial charge < -0.3 is 24.3 Å². The summed E-state index contributed by atoms with van der Waals surface area (Å²) in [5.74, 6) is -0.399. The number of aromatic amines is 1. The highest BCUT2D eigenvalue weighted by molar-refractivity contribution is 5.71. The van der Waals surface area contributed by atoms with Crippen LogP contribution in [0.4, 0.5) is 0 Å². The van der Waals surface area contributed by atoms with E-state index >= 15 is 0 Å². The van der Waals surface area contributed by atoms with E-state index in [4.69, 9.17) is 14.2 Å². The molecule has 7 nitrogen and oxygen atoms in total. The minimum absolute atomic E-state index is 0.100. The molecular formula is C18H21NO6. The zero-order chi connectivity index (χ0) is 18.6. The standard InChI is InChI=1S/C18H21NO6/c1-10-7-13(20)17(18(22)19-10)12(9-16(21)25-4)11-5-6-14(23-2)15(8-11)24-3/h5-8,12H,9H2,1-4H3,(H2,19,20,22)/t12-/m0/s1. The average molecular weight is 347 g/mol. The van der Waals surface area contributed by atoms with E-state index < -0.39 is 17.4 Å². The van der Waals surface area contributed by atoms with Gasteiger partial charge >= 0.3 is 5.97 Å². The van der Waals surface area contributed by atoms with Crippen molar-refractivity contribution in [2.24, 2.45) is 0 Å². The van der Waals surface area contributed by atoms with E-state index in [0.717, 1.165) is 0 Å². The van der Waals surface area contributed by atoms with Gasteiger partial charge in [0.25, 0.3) is 5.56 Å². The molecule has 2 rings (SSSR count). The molecule has 0 aliphatic carbocycles. The van der Waals surface area contributed by atoms with Crippen molar-refractivity contribution in [3.05, 3.63) is 51.4 Å². The highest BCUT2D eigenvalue weighted by Crippen LogP contribution is 2.36. The Labute approximate surface area is 145 Å². The number of rotatable bonds is 6. The molecule has 2 aromatic rings. The van der Waals surface area contributed by atoms with Crippen LogP contribution in [0, 0.1) is 6.92 Å². The molecule has 7 heteroatoms. The Bertz CT molecular complexity index is 827. The average Bonchev–Trinajstić information content (AvgIpc) is 2.59. The molecule has 0 radical (unpaired) electrons. The Morgan fingerprint density at radius 1 is 1.16 bits per heavy atom. The highest BCUT2D eigenvalue weighted by Gasteiger charge is 2.26. The summed E-state index contributed by atoms with van der Waals surface area (Å²) in [6.07, 6.45) is -0.105. The molecule has 0 bridgehead atoms. The second-order valence-corrected chi connectivity index (χ2v) is 5.53. The van der Waals surface area contributed by atoms with E-state index in [2.05, 4.69) is 4.98 Å². The molecule has 1 aromatic heterocycles. The number of H-pyrrole nitrogens is 1. The maximum Gasteiger partial charge on any atom is 0.306 e. The smallest absolute Gasteiger partial charge is 0.306 e. The number of hydrogen-bond acceptors (Lipinski definition) is 6. The summed E-state index contributed by atoms with van der Waals surface area (Å²) < 4.78 is 15.2. The molecule has 0 aliphatic heterocycles. The third kappa shape index (κ3) is 3.93. The molecule has 0 unspecified atom stereocenters. The molecule has 0 aliphatic rings. The van der Waals surface area contributed by atoms with E-state index in [-0.39, 0.29) is 17.7 Å². The molecule has 0 saturated heterocycles. The molecule has 0 saturated carbocycles. The second-order valence-electron chi connectivity index (χ2n) is 5.53. The topological polar surface area (TPSA) is 97.8 Å². The number of hydrogen-bond donors (Lipinski definition) is 2. The molecule has 134 valence electrons. The Balaban J connectivity index is 2.62. The summed E-state index contributed by atoms with van der Waals surface area (Å²) >= 11 is 0. The van der Waals surface area contributed by atoms with Crippen LogP contribution in [-0.2, 0) is 9.53 Å². The Hall–Kier alpha value is -2.96. The largest absolute Gasteiger partial charge is 0.507 e. The van der Waals surface area contributed by atoms with Crippen molar-refractivity contribution >= 4 is 5.97 Å². The number of pyridine rings is 1. The number of aromatic hydroxyl groups is 1. The summed E-state index contributed by atoms with van der Waals surface area (Å²) in [4.78, 5) is 26.9. The third-order valence-electron chi connectivity index (χ3n) is 3.94. The maximum atomic E-state index is 12.4. The van der Waals surface area contributed by atoms with Gasteiger partial charge in [0.2, 0.25) is 0 Å². The highest BCUT2D eigenvalue weighted by atomic mass is 16.5. The maximum absolute atomic E-state index is 12.4. The molecule has 1 aromatic carbocycles. The molecular weight excluding hydrogens is 326 g/mol. The minimum atomic E-state index is -0.698. The Kier molecular flexibility index (Phi) is 5.69. The normalized spacial score (nSPS) is 11.7. The van der Waals surface area contributed by atoms with Crippen LogP contribution in [-0.4, -0.2) is 37.4 Å². The number of nitrogens with one attached hydrogen (secondary N) is 1. The van der Waals surface area contributed by atoms with Crippen LogP contribution in [0.3, 0.4) is 0 Å². The third-order valence-corrected chi connectivity index (χ3v) is 3.94. The van der Waals surface area contributed by atoms with Gasteiger partial charge in [0.15, 0.2) is 11.5 Å². The van der Waals surface area contributed by atoms with Crippen LogP contribution in [0.25, 0.3) is 0 Å². The fourth-order valence-electron chi connectivity index (χ4n) is 2.72. The SMILES string of the molecule is COC(=O)C[C@@H](c1ccc(OC)c(OC)c1)c1c(O)cc(C)[nH]c1=O. The predicted octanol–water partition coefficient (Wildman–Crippen LogP) is 2.10. The summed E-state index contributed by atoms with van der Waals surface area (Å²) in [7, 11) is 4.28. The first-order valence-electron chi connectivity index (χ1n) is 7.62. The number of esters is 1. The number of aryl methyl sites for hydroxylation is 1. The van der Waals surface area contributed by atoms with Crippen LogP contribution in [0.2, 0.25) is 0 Å². The molecule has 25 heavy (non-hydrogen) atoms. The second kappa shape index (κ2) is 7.74. The molecule has 1 heterocycles. The summed E-state index contributed by atoms with van der Waals surface area (Å²) in [6, 6.07) is 6.51. The van der Waals surface area contributed by atoms with Gasteiger partial charge in [0.05, 0.1) is 33.3 Å². The van der Waals surface area contributed by atoms with Gasteiger partial charge in [-0.05, 0) is 30.7 Å². The quantitative estimate of drug-likeness (QED) is 0.777. The molecule has 2 N–H and O–H groups in total. The zero-order valence-corrected chi connectivity index (χ0v) is 14.6. The van der Waals surface area contributed by atoms with Crippen molar-refractivity contribution in [2.45, 2.75) is 19.3 Å². The van der Waals surface area contributed by atoms with Crippen molar-refractivity contribution in [3.63, 3.8) is 0 Å². The van der Waals surface area contributed by atoms with Crippen LogP contribution in [0.1, 0.15) is 29.2 Å². The van der Waals surface area contributed by atoms with E-state index in [1.165, 1.54) is 27.4 Å². The first kappa shape index (κ1) is 18.4. The van der Waals surface area contributed by atoms with Gasteiger partial charge in [-0.3, -0.25) is 9.59 Å². The summed E-state index contributed by atoms with van der Waals surface area (Å²) in [5, 5.41) is 10.3. The molecule has 1 atom stereocenters. The fraction of sp³-hybridized carbons (Fsp3) is 0.333. The molecule has 0 fully saturated rings. The predicted molar refractivity (Wildman–Crippen MR) is 91.5 cm³/mol. The van der Waals surface area contributed by atoms with E-state index in [9.17, 15) is 14.7 Å². The number of carbonyl (C=O) groups excluding carboxylic acids is 1. The minimum Gasteiger partial charge on any atom is -0.507 e. The van der Waals surface area contributed by atoms with Crippen LogP contribution in [0.5, 0.6) is 17.2 Å². The van der Waals surface area contributed by atoms with Gasteiger partial charge in [-0.1, -0.05) is 6.07 Å². The number of benzene rings is 1. The van der Waals surface area contributed by atoms with Crippen molar-refractivity contribution in [1.29, 1.82) is 0 Å². The van der Waals surface area contributed by atoms with Crippen molar-refractivity contribution in [2.75, 3.05) is 21.3 Å². The Morgan fingerprint density at radius 3 is 2.40 bits per heavy atom. The fourth-order valence-corrected chi connectivity index (χ4v) is 2.72. The zero-order valence-electron chi connectivity index (χ0n) is 14.6. The first-order chi connectivity index (χ1) is 11.9. The number of ether oxygens (including phenoxy) is 3. The number of carbonyl (C=O) groups is 1. The van der Waals surface area contributed by atoms with E-state index in [1.54, 1.807) is 25.1 Å². The first-order valence-corrected chi connectivity index (χ1v) is 7.62. The van der Waals surface area contributed by atoms with E-state index in [0.29, 0.717) is 22.8 Å². The van der Waals surface area contributed by atoms with Crippen molar-refractivity contribution in [1.82, 2.24) is 4.98 Å². The van der Waals surface area contributed by atoms with Gasteiger partial charge in [0, 0.05) is 11.6 Å². The lowest BCUT2D eigenvalue weighted by Crippen LogP contribution is -2.21. The van der Waals surface area contributed by atoms with Crippen LogP contribution >= 0.6 is 0 Å².